The normalized spacial score (nSPS) is 10.5. The van der Waals surface area contributed by atoms with Crippen LogP contribution < -0.4 is 15.0 Å². The first-order chi connectivity index (χ1) is 13.4. The summed E-state index contributed by atoms with van der Waals surface area (Å²) in [7, 11) is 2.74. The van der Waals surface area contributed by atoms with Gasteiger partial charge in [-0.3, -0.25) is 9.36 Å². The molecule has 6 nitrogen and oxygen atoms in total. The Kier molecular flexibility index (Phi) is 5.57. The topological polar surface area (TPSA) is 77.8 Å². The SMILES string of the molecule is COc1ccc(-c2cc(=O)n(-c3ccc(F)cc3)c(=S)s2)c(C(=O)O)c1OC. The van der Waals surface area contributed by atoms with Crippen molar-refractivity contribution in [3.05, 3.63) is 68.2 Å². The Morgan fingerprint density at radius 1 is 1.14 bits per heavy atom. The standard InChI is InChI=1S/C19H14FNO5S2/c1-25-13-8-7-12(16(18(23)24)17(13)26-2)14-9-15(22)21(19(27)28-14)11-5-3-10(20)4-6-11/h3-9H,1-2H3,(H,23,24). The Morgan fingerprint density at radius 2 is 1.82 bits per heavy atom. The van der Waals surface area contributed by atoms with Gasteiger partial charge in [0, 0.05) is 16.5 Å². The summed E-state index contributed by atoms with van der Waals surface area (Å²) in [4.78, 5) is 24.9. The van der Waals surface area contributed by atoms with Crippen molar-refractivity contribution < 1.29 is 23.8 Å². The highest BCUT2D eigenvalue weighted by atomic mass is 32.1. The molecule has 1 heterocycles. The Morgan fingerprint density at radius 3 is 2.36 bits per heavy atom. The molecule has 0 fully saturated rings. The largest absolute Gasteiger partial charge is 0.493 e. The summed E-state index contributed by atoms with van der Waals surface area (Å²) in [5, 5.41) is 9.68. The van der Waals surface area contributed by atoms with Gasteiger partial charge in [-0.15, -0.1) is 11.3 Å². The zero-order valence-electron chi connectivity index (χ0n) is 14.8. The van der Waals surface area contributed by atoms with Gasteiger partial charge in [0.25, 0.3) is 5.56 Å². The van der Waals surface area contributed by atoms with Gasteiger partial charge < -0.3 is 14.6 Å². The highest BCUT2D eigenvalue weighted by Crippen LogP contribution is 2.39. The number of halogens is 1. The van der Waals surface area contributed by atoms with Crippen LogP contribution in [0.1, 0.15) is 10.4 Å². The van der Waals surface area contributed by atoms with Crippen LogP contribution in [0.3, 0.4) is 0 Å². The van der Waals surface area contributed by atoms with Crippen molar-refractivity contribution in [2.75, 3.05) is 14.2 Å². The smallest absolute Gasteiger partial charge is 0.340 e. The average Bonchev–Trinajstić information content (AvgIpc) is 2.67. The van der Waals surface area contributed by atoms with Gasteiger partial charge in [-0.05, 0) is 48.6 Å². The van der Waals surface area contributed by atoms with Gasteiger partial charge >= 0.3 is 5.97 Å². The first-order valence-electron chi connectivity index (χ1n) is 7.89. The third-order valence-electron chi connectivity index (χ3n) is 3.96. The fraction of sp³-hybridized carbons (Fsp3) is 0.105. The predicted octanol–water partition coefficient (Wildman–Crippen LogP) is 4.15. The van der Waals surface area contributed by atoms with E-state index in [9.17, 15) is 19.1 Å². The molecule has 0 amide bonds. The fourth-order valence-electron chi connectivity index (χ4n) is 2.74. The van der Waals surface area contributed by atoms with Crippen molar-refractivity contribution >= 4 is 29.5 Å². The lowest BCUT2D eigenvalue weighted by molar-refractivity contribution is 0.0693. The molecule has 1 aromatic heterocycles. The summed E-state index contributed by atoms with van der Waals surface area (Å²) < 4.78 is 25.0. The molecule has 9 heteroatoms. The van der Waals surface area contributed by atoms with Gasteiger partial charge in [0.2, 0.25) is 0 Å². The number of rotatable bonds is 5. The molecule has 0 saturated heterocycles. The average molecular weight is 419 g/mol. The zero-order valence-corrected chi connectivity index (χ0v) is 16.4. The zero-order chi connectivity index (χ0) is 20.4. The number of nitrogens with zero attached hydrogens (tertiary/aromatic N) is 1. The third kappa shape index (κ3) is 3.54. The number of carboxylic acid groups (broad SMARTS) is 1. The van der Waals surface area contributed by atoms with Crippen molar-refractivity contribution in [3.8, 4) is 27.6 Å². The Balaban J connectivity index is 2.24. The van der Waals surface area contributed by atoms with E-state index in [1.807, 2.05) is 0 Å². The molecule has 0 bridgehead atoms. The number of carbonyl (C=O) groups is 1. The lowest BCUT2D eigenvalue weighted by atomic mass is 10.0. The van der Waals surface area contributed by atoms with Crippen molar-refractivity contribution in [2.24, 2.45) is 0 Å². The second kappa shape index (κ2) is 7.91. The number of hydrogen-bond acceptors (Lipinski definition) is 6. The molecule has 0 spiro atoms. The minimum Gasteiger partial charge on any atom is -0.493 e. The van der Waals surface area contributed by atoms with Crippen LogP contribution in [0.5, 0.6) is 11.5 Å². The number of ether oxygens (including phenoxy) is 2. The molecule has 0 unspecified atom stereocenters. The second-order valence-corrected chi connectivity index (χ2v) is 7.23. The van der Waals surface area contributed by atoms with Crippen LogP contribution in [0.25, 0.3) is 16.1 Å². The van der Waals surface area contributed by atoms with Crippen LogP contribution in [-0.4, -0.2) is 29.9 Å². The maximum Gasteiger partial charge on any atom is 0.340 e. The van der Waals surface area contributed by atoms with E-state index in [0.717, 1.165) is 11.3 Å². The van der Waals surface area contributed by atoms with E-state index in [1.165, 1.54) is 55.2 Å². The number of aromatic nitrogens is 1. The molecule has 1 N–H and O–H groups in total. The molecule has 0 aliphatic heterocycles. The lowest BCUT2D eigenvalue weighted by Crippen LogP contribution is -2.17. The van der Waals surface area contributed by atoms with Gasteiger partial charge in [-0.2, -0.15) is 0 Å². The maximum absolute atomic E-state index is 13.2. The highest BCUT2D eigenvalue weighted by Gasteiger charge is 2.23. The van der Waals surface area contributed by atoms with Gasteiger partial charge in [-0.1, -0.05) is 0 Å². The van der Waals surface area contributed by atoms with Crippen LogP contribution in [0.2, 0.25) is 0 Å². The molecule has 144 valence electrons. The Labute approximate surface area is 168 Å². The maximum atomic E-state index is 13.2. The molecule has 3 rings (SSSR count). The monoisotopic (exact) mass is 419 g/mol. The Hall–Kier alpha value is -3.04. The molecule has 0 aliphatic carbocycles. The van der Waals surface area contributed by atoms with Gasteiger partial charge in [0.1, 0.15) is 11.4 Å². The lowest BCUT2D eigenvalue weighted by Gasteiger charge is -2.14. The van der Waals surface area contributed by atoms with Crippen LogP contribution >= 0.6 is 23.6 Å². The van der Waals surface area contributed by atoms with Gasteiger partial charge in [0.05, 0.1) is 19.9 Å². The predicted molar refractivity (Wildman–Crippen MR) is 106 cm³/mol. The van der Waals surface area contributed by atoms with Crippen molar-refractivity contribution in [1.82, 2.24) is 4.57 Å². The molecule has 2 aromatic carbocycles. The van der Waals surface area contributed by atoms with Crippen LogP contribution in [0.4, 0.5) is 4.39 Å². The quantitative estimate of drug-likeness (QED) is 0.626. The van der Waals surface area contributed by atoms with Crippen molar-refractivity contribution in [1.29, 1.82) is 0 Å². The van der Waals surface area contributed by atoms with Gasteiger partial charge in [0.15, 0.2) is 15.5 Å². The minimum atomic E-state index is -1.23. The minimum absolute atomic E-state index is 0.0494. The number of methoxy groups -OCH3 is 2. The molecule has 28 heavy (non-hydrogen) atoms. The number of aromatic carboxylic acids is 1. The number of carboxylic acids is 1. The van der Waals surface area contributed by atoms with Gasteiger partial charge in [-0.25, -0.2) is 9.18 Å². The van der Waals surface area contributed by atoms with E-state index in [2.05, 4.69) is 0 Å². The van der Waals surface area contributed by atoms with Crippen molar-refractivity contribution in [2.45, 2.75) is 0 Å². The highest BCUT2D eigenvalue weighted by molar-refractivity contribution is 7.73. The van der Waals surface area contributed by atoms with Crippen molar-refractivity contribution in [3.63, 3.8) is 0 Å². The summed E-state index contributed by atoms with van der Waals surface area (Å²) in [5.41, 5.74) is 0.109. The summed E-state index contributed by atoms with van der Waals surface area (Å²) >= 11 is 6.40. The fourth-order valence-corrected chi connectivity index (χ4v) is 4.12. The van der Waals surface area contributed by atoms with E-state index in [1.54, 1.807) is 6.07 Å². The van der Waals surface area contributed by atoms with Crippen LogP contribution in [0.15, 0.2) is 47.3 Å². The molecule has 0 aliphatic rings. The summed E-state index contributed by atoms with van der Waals surface area (Å²) in [6.07, 6.45) is 0. The first-order valence-corrected chi connectivity index (χ1v) is 9.11. The molecular formula is C19H14FNO5S2. The molecule has 0 saturated carbocycles. The van der Waals surface area contributed by atoms with E-state index >= 15 is 0 Å². The first kappa shape index (κ1) is 19.7. The Bertz CT molecular complexity index is 1140. The molecule has 0 atom stereocenters. The van der Waals surface area contributed by atoms with Crippen LogP contribution in [0, 0.1) is 9.77 Å². The van der Waals surface area contributed by atoms with E-state index in [0.29, 0.717) is 10.6 Å². The molecule has 0 radical (unpaired) electrons. The number of hydrogen-bond donors (Lipinski definition) is 1. The summed E-state index contributed by atoms with van der Waals surface area (Å²) in [6.45, 7) is 0. The third-order valence-corrected chi connectivity index (χ3v) is 5.31. The number of benzene rings is 2. The van der Waals surface area contributed by atoms with E-state index in [-0.39, 0.29) is 26.6 Å². The van der Waals surface area contributed by atoms with E-state index in [4.69, 9.17) is 21.7 Å². The summed E-state index contributed by atoms with van der Waals surface area (Å²) in [5.74, 6) is -1.36. The summed E-state index contributed by atoms with van der Waals surface area (Å²) in [6, 6.07) is 9.72. The second-order valence-electron chi connectivity index (χ2n) is 5.56. The van der Waals surface area contributed by atoms with E-state index < -0.39 is 17.3 Å². The molecular weight excluding hydrogens is 405 g/mol. The van der Waals surface area contributed by atoms with Crippen LogP contribution in [-0.2, 0) is 0 Å². The molecule has 3 aromatic rings.